The molecular weight excluding hydrogens is 266 g/mol. The molecule has 2 heterocycles. The van der Waals surface area contributed by atoms with Crippen molar-refractivity contribution >= 4 is 10.0 Å². The lowest BCUT2D eigenvalue weighted by molar-refractivity contribution is 0.425. The molecule has 0 radical (unpaired) electrons. The molecule has 1 aliphatic rings. The summed E-state index contributed by atoms with van der Waals surface area (Å²) in [6, 6.07) is -0.339. The van der Waals surface area contributed by atoms with Crippen LogP contribution in [0.15, 0.2) is 0 Å². The fourth-order valence-corrected chi connectivity index (χ4v) is 3.08. The Hall–Kier alpha value is -0.990. The monoisotopic (exact) mass is 287 g/mol. The van der Waals surface area contributed by atoms with E-state index in [1.807, 2.05) is 18.4 Å². The Morgan fingerprint density at radius 3 is 2.68 bits per heavy atom. The summed E-state index contributed by atoms with van der Waals surface area (Å²) in [5.41, 5.74) is 0. The fraction of sp³-hybridized carbons (Fsp3) is 0.818. The maximum Gasteiger partial charge on any atom is 0.209 e. The van der Waals surface area contributed by atoms with E-state index in [1.54, 1.807) is 0 Å². The Labute approximate surface area is 113 Å². The van der Waals surface area contributed by atoms with Gasteiger partial charge in [0.2, 0.25) is 10.0 Å². The second-order valence-electron chi connectivity index (χ2n) is 5.24. The van der Waals surface area contributed by atoms with Crippen LogP contribution in [0.4, 0.5) is 0 Å². The highest BCUT2D eigenvalue weighted by Crippen LogP contribution is 2.22. The van der Waals surface area contributed by atoms with Crippen molar-refractivity contribution in [1.29, 1.82) is 0 Å². The van der Waals surface area contributed by atoms with Crippen molar-refractivity contribution in [3.63, 3.8) is 0 Å². The number of hydrogen-bond acceptors (Lipinski definition) is 5. The van der Waals surface area contributed by atoms with Gasteiger partial charge in [0.15, 0.2) is 5.82 Å². The van der Waals surface area contributed by atoms with E-state index in [4.69, 9.17) is 0 Å². The van der Waals surface area contributed by atoms with E-state index in [1.165, 1.54) is 6.26 Å². The largest absolute Gasteiger partial charge is 0.315 e. The number of aromatic nitrogens is 3. The van der Waals surface area contributed by atoms with Crippen LogP contribution in [0.25, 0.3) is 0 Å². The number of fused-ring (bicyclic) bond motifs is 1. The normalized spacial score (nSPS) is 18.1. The first-order valence-electron chi connectivity index (χ1n) is 6.48. The molecule has 0 saturated carbocycles. The van der Waals surface area contributed by atoms with Gasteiger partial charge in [-0.1, -0.05) is 13.8 Å². The number of nitrogens with zero attached hydrogens (tertiary/aromatic N) is 3. The van der Waals surface area contributed by atoms with Crippen molar-refractivity contribution in [2.45, 2.75) is 32.9 Å². The van der Waals surface area contributed by atoms with Gasteiger partial charge in [0, 0.05) is 26.1 Å². The summed E-state index contributed by atoms with van der Waals surface area (Å²) < 4.78 is 27.7. The lowest BCUT2D eigenvalue weighted by Crippen LogP contribution is -2.33. The Kier molecular flexibility index (Phi) is 4.22. The Morgan fingerprint density at radius 1 is 1.32 bits per heavy atom. The molecule has 1 aromatic rings. The van der Waals surface area contributed by atoms with Crippen LogP contribution in [-0.2, 0) is 23.0 Å². The maximum absolute atomic E-state index is 11.5. The number of rotatable bonds is 4. The van der Waals surface area contributed by atoms with E-state index in [0.29, 0.717) is 5.82 Å². The summed E-state index contributed by atoms with van der Waals surface area (Å²) in [4.78, 5) is 0. The summed E-state index contributed by atoms with van der Waals surface area (Å²) in [5, 5.41) is 11.7. The van der Waals surface area contributed by atoms with Crippen LogP contribution >= 0.6 is 0 Å². The quantitative estimate of drug-likeness (QED) is 0.791. The van der Waals surface area contributed by atoms with E-state index in [9.17, 15) is 8.42 Å². The van der Waals surface area contributed by atoms with Gasteiger partial charge in [0.1, 0.15) is 5.82 Å². The molecule has 7 nitrogen and oxygen atoms in total. The highest BCUT2D eigenvalue weighted by Gasteiger charge is 2.27. The first-order valence-corrected chi connectivity index (χ1v) is 8.37. The van der Waals surface area contributed by atoms with Gasteiger partial charge in [-0.3, -0.25) is 0 Å². The average molecular weight is 287 g/mol. The second kappa shape index (κ2) is 5.56. The van der Waals surface area contributed by atoms with Gasteiger partial charge in [-0.2, -0.15) is 0 Å². The molecule has 108 valence electrons. The Bertz CT molecular complexity index is 537. The molecule has 2 N–H and O–H groups in total. The number of sulfonamides is 1. The lowest BCUT2D eigenvalue weighted by Gasteiger charge is -2.21. The van der Waals surface area contributed by atoms with Gasteiger partial charge in [-0.25, -0.2) is 13.1 Å². The molecule has 0 spiro atoms. The van der Waals surface area contributed by atoms with Crippen LogP contribution < -0.4 is 10.0 Å². The van der Waals surface area contributed by atoms with Crippen LogP contribution in [0.2, 0.25) is 0 Å². The minimum atomic E-state index is -3.28. The summed E-state index contributed by atoms with van der Waals surface area (Å²) in [7, 11) is -3.28. The predicted molar refractivity (Wildman–Crippen MR) is 72.2 cm³/mol. The highest BCUT2D eigenvalue weighted by atomic mass is 32.2. The molecule has 0 aromatic carbocycles. The van der Waals surface area contributed by atoms with Crippen LogP contribution in [0.3, 0.4) is 0 Å². The van der Waals surface area contributed by atoms with E-state index in [-0.39, 0.29) is 12.0 Å². The Morgan fingerprint density at radius 2 is 2.05 bits per heavy atom. The van der Waals surface area contributed by atoms with E-state index >= 15 is 0 Å². The highest BCUT2D eigenvalue weighted by molar-refractivity contribution is 7.88. The molecule has 0 bridgehead atoms. The van der Waals surface area contributed by atoms with Gasteiger partial charge >= 0.3 is 0 Å². The molecule has 1 aromatic heterocycles. The zero-order valence-corrected chi connectivity index (χ0v) is 12.4. The molecule has 0 fully saturated rings. The third-order valence-corrected chi connectivity index (χ3v) is 3.86. The van der Waals surface area contributed by atoms with E-state index in [0.717, 1.165) is 31.9 Å². The third kappa shape index (κ3) is 3.52. The van der Waals surface area contributed by atoms with Crippen molar-refractivity contribution in [3.05, 3.63) is 11.6 Å². The first kappa shape index (κ1) is 14.4. The van der Waals surface area contributed by atoms with Crippen molar-refractivity contribution in [3.8, 4) is 0 Å². The molecule has 0 aliphatic carbocycles. The molecule has 2 rings (SSSR count). The topological polar surface area (TPSA) is 88.9 Å². The molecule has 0 saturated heterocycles. The fourth-order valence-electron chi connectivity index (χ4n) is 2.24. The predicted octanol–water partition coefficient (Wildman–Crippen LogP) is -0.330. The zero-order valence-electron chi connectivity index (χ0n) is 11.5. The van der Waals surface area contributed by atoms with Gasteiger partial charge in [0.25, 0.3) is 0 Å². The third-order valence-electron chi connectivity index (χ3n) is 3.18. The Balaban J connectivity index is 2.34. The number of hydrogen-bond donors (Lipinski definition) is 2. The smallest absolute Gasteiger partial charge is 0.209 e. The minimum Gasteiger partial charge on any atom is -0.315 e. The van der Waals surface area contributed by atoms with E-state index in [2.05, 4.69) is 20.2 Å². The molecule has 19 heavy (non-hydrogen) atoms. The molecule has 1 atom stereocenters. The lowest BCUT2D eigenvalue weighted by atomic mass is 10.1. The van der Waals surface area contributed by atoms with Crippen LogP contribution in [0, 0.1) is 5.92 Å². The zero-order chi connectivity index (χ0) is 14.0. The average Bonchev–Trinajstić information content (AvgIpc) is 2.54. The van der Waals surface area contributed by atoms with Crippen molar-refractivity contribution in [2.24, 2.45) is 5.92 Å². The van der Waals surface area contributed by atoms with Crippen molar-refractivity contribution in [1.82, 2.24) is 24.8 Å². The number of nitrogens with one attached hydrogen (secondary N) is 2. The molecule has 8 heteroatoms. The summed E-state index contributed by atoms with van der Waals surface area (Å²) >= 11 is 0. The van der Waals surface area contributed by atoms with Crippen molar-refractivity contribution in [2.75, 3.05) is 19.3 Å². The SMILES string of the molecule is CC(C)[C@@H](NS(C)(=O)=O)c1nnc2n1CCNCC2. The van der Waals surface area contributed by atoms with Gasteiger partial charge < -0.3 is 9.88 Å². The first-order chi connectivity index (χ1) is 8.88. The van der Waals surface area contributed by atoms with Crippen molar-refractivity contribution < 1.29 is 8.42 Å². The molecule has 1 aliphatic heterocycles. The second-order valence-corrected chi connectivity index (χ2v) is 7.02. The molecule has 0 unspecified atom stereocenters. The minimum absolute atomic E-state index is 0.110. The van der Waals surface area contributed by atoms with E-state index < -0.39 is 10.0 Å². The van der Waals surface area contributed by atoms with Gasteiger partial charge in [-0.05, 0) is 5.92 Å². The summed E-state index contributed by atoms with van der Waals surface area (Å²) in [6.07, 6.45) is 1.99. The van der Waals surface area contributed by atoms with Gasteiger partial charge in [-0.15, -0.1) is 10.2 Å². The molecule has 0 amide bonds. The van der Waals surface area contributed by atoms with Crippen LogP contribution in [0.5, 0.6) is 0 Å². The standard InChI is InChI=1S/C11H21N5O2S/c1-8(2)10(15-19(3,17)18)11-14-13-9-4-5-12-6-7-16(9)11/h8,10,12,15H,4-7H2,1-3H3/t10-/m1/s1. The summed E-state index contributed by atoms with van der Waals surface area (Å²) in [5.74, 6) is 1.74. The summed E-state index contributed by atoms with van der Waals surface area (Å²) in [6.45, 7) is 6.44. The van der Waals surface area contributed by atoms with Crippen LogP contribution in [-0.4, -0.2) is 42.5 Å². The van der Waals surface area contributed by atoms with Crippen LogP contribution in [0.1, 0.15) is 31.5 Å². The molecular formula is C11H21N5O2S. The van der Waals surface area contributed by atoms with Gasteiger partial charge in [0.05, 0.1) is 12.3 Å². The maximum atomic E-state index is 11.5.